The van der Waals surface area contributed by atoms with E-state index in [1.165, 1.54) is 0 Å². The Morgan fingerprint density at radius 2 is 2.23 bits per heavy atom. The minimum Gasteiger partial charge on any atom is -0.380 e. The number of aryl methyl sites for hydroxylation is 2. The summed E-state index contributed by atoms with van der Waals surface area (Å²) in [4.78, 5) is 6.79. The van der Waals surface area contributed by atoms with Gasteiger partial charge in [-0.25, -0.2) is 0 Å². The molecule has 2 atom stereocenters. The minimum absolute atomic E-state index is 0.0811. The highest BCUT2D eigenvalue weighted by molar-refractivity contribution is 5.08. The summed E-state index contributed by atoms with van der Waals surface area (Å²) >= 11 is 0. The third-order valence-electron chi connectivity index (χ3n) is 4.73. The van der Waals surface area contributed by atoms with Gasteiger partial charge in [0.1, 0.15) is 5.76 Å². The van der Waals surface area contributed by atoms with E-state index in [-0.39, 0.29) is 5.41 Å². The summed E-state index contributed by atoms with van der Waals surface area (Å²) in [7, 11) is 0. The largest absolute Gasteiger partial charge is 0.380 e. The minimum atomic E-state index is 0.0811. The molecule has 4 heterocycles. The lowest BCUT2D eigenvalue weighted by Gasteiger charge is -2.25. The molecule has 2 aliphatic heterocycles. The van der Waals surface area contributed by atoms with Crippen LogP contribution < -0.4 is 0 Å². The standard InChI is InChI=1S/C15H20N4O3/c1-10-3-13(18-21-10)6-19-5-12-7-20-9-15(12,8-19)4-14-16-11(2)17-22-14/h3,12H,4-9H2,1-2H3/t12-,15+/m0/s1. The van der Waals surface area contributed by atoms with Crippen molar-refractivity contribution in [2.24, 2.45) is 11.3 Å². The quantitative estimate of drug-likeness (QED) is 0.844. The molecular weight excluding hydrogens is 284 g/mol. The molecule has 22 heavy (non-hydrogen) atoms. The Hall–Kier alpha value is -1.73. The van der Waals surface area contributed by atoms with Crippen LogP contribution in [0.4, 0.5) is 0 Å². The van der Waals surface area contributed by atoms with Gasteiger partial charge in [-0.1, -0.05) is 10.3 Å². The third kappa shape index (κ3) is 2.44. The molecule has 0 spiro atoms. The van der Waals surface area contributed by atoms with Crippen LogP contribution in [0, 0.1) is 25.2 Å². The highest BCUT2D eigenvalue weighted by Crippen LogP contribution is 2.43. The summed E-state index contributed by atoms with van der Waals surface area (Å²) in [5.74, 6) is 2.77. The summed E-state index contributed by atoms with van der Waals surface area (Å²) in [5, 5.41) is 7.99. The number of nitrogens with zero attached hydrogens (tertiary/aromatic N) is 4. The fourth-order valence-corrected chi connectivity index (χ4v) is 3.75. The van der Waals surface area contributed by atoms with Crippen LogP contribution >= 0.6 is 0 Å². The number of hydrogen-bond acceptors (Lipinski definition) is 7. The molecule has 2 fully saturated rings. The molecule has 0 radical (unpaired) electrons. The number of hydrogen-bond donors (Lipinski definition) is 0. The highest BCUT2D eigenvalue weighted by atomic mass is 16.5. The fraction of sp³-hybridized carbons (Fsp3) is 0.667. The van der Waals surface area contributed by atoms with E-state index in [1.807, 2.05) is 19.9 Å². The van der Waals surface area contributed by atoms with Crippen molar-refractivity contribution in [3.63, 3.8) is 0 Å². The van der Waals surface area contributed by atoms with Crippen LogP contribution in [-0.2, 0) is 17.7 Å². The SMILES string of the molecule is Cc1noc(C[C@@]23COC[C@@H]2CN(Cc2cc(C)on2)C3)n1. The van der Waals surface area contributed by atoms with Crippen LogP contribution in [0.15, 0.2) is 15.1 Å². The molecular formula is C15H20N4O3. The number of rotatable bonds is 4. The predicted octanol–water partition coefficient (Wildman–Crippen LogP) is 1.37. The molecule has 0 unspecified atom stereocenters. The summed E-state index contributed by atoms with van der Waals surface area (Å²) in [5.41, 5.74) is 1.07. The van der Waals surface area contributed by atoms with Crippen molar-refractivity contribution in [1.82, 2.24) is 20.2 Å². The first-order valence-corrected chi connectivity index (χ1v) is 7.64. The maximum Gasteiger partial charge on any atom is 0.227 e. The molecule has 118 valence electrons. The van der Waals surface area contributed by atoms with E-state index in [1.54, 1.807) is 0 Å². The van der Waals surface area contributed by atoms with Crippen molar-refractivity contribution in [3.8, 4) is 0 Å². The van der Waals surface area contributed by atoms with Crippen molar-refractivity contribution in [1.29, 1.82) is 0 Å². The predicted molar refractivity (Wildman–Crippen MR) is 76.0 cm³/mol. The van der Waals surface area contributed by atoms with E-state index in [0.717, 1.165) is 50.7 Å². The summed E-state index contributed by atoms with van der Waals surface area (Å²) in [6.45, 7) is 8.13. The molecule has 7 nitrogen and oxygen atoms in total. The summed E-state index contributed by atoms with van der Waals surface area (Å²) in [6, 6.07) is 2.00. The number of aromatic nitrogens is 3. The fourth-order valence-electron chi connectivity index (χ4n) is 3.75. The van der Waals surface area contributed by atoms with Gasteiger partial charge >= 0.3 is 0 Å². The monoisotopic (exact) mass is 304 g/mol. The van der Waals surface area contributed by atoms with Gasteiger partial charge in [0.15, 0.2) is 5.82 Å². The molecule has 4 rings (SSSR count). The lowest BCUT2D eigenvalue weighted by atomic mass is 9.78. The van der Waals surface area contributed by atoms with Crippen LogP contribution in [0.1, 0.15) is 23.2 Å². The second-order valence-electron chi connectivity index (χ2n) is 6.59. The van der Waals surface area contributed by atoms with Crippen molar-refractivity contribution >= 4 is 0 Å². The van der Waals surface area contributed by atoms with E-state index in [9.17, 15) is 0 Å². The number of ether oxygens (including phenoxy) is 1. The van der Waals surface area contributed by atoms with Gasteiger partial charge in [0.05, 0.1) is 18.9 Å². The zero-order valence-corrected chi connectivity index (χ0v) is 12.9. The van der Waals surface area contributed by atoms with E-state index in [2.05, 4.69) is 20.2 Å². The highest BCUT2D eigenvalue weighted by Gasteiger charge is 2.51. The lowest BCUT2D eigenvalue weighted by molar-refractivity contribution is 0.121. The Bertz CT molecular complexity index is 667. The smallest absolute Gasteiger partial charge is 0.227 e. The second kappa shape index (κ2) is 5.17. The Morgan fingerprint density at radius 3 is 2.95 bits per heavy atom. The molecule has 2 aromatic rings. The van der Waals surface area contributed by atoms with E-state index in [0.29, 0.717) is 17.6 Å². The molecule has 2 aliphatic rings. The van der Waals surface area contributed by atoms with Crippen molar-refractivity contribution in [3.05, 3.63) is 29.2 Å². The Balaban J connectivity index is 1.49. The summed E-state index contributed by atoms with van der Waals surface area (Å²) in [6.07, 6.45) is 0.785. The van der Waals surface area contributed by atoms with Gasteiger partial charge in [-0.15, -0.1) is 0 Å². The topological polar surface area (TPSA) is 77.4 Å². The molecule has 0 aliphatic carbocycles. The van der Waals surface area contributed by atoms with Gasteiger partial charge in [-0.05, 0) is 13.8 Å². The molecule has 0 N–H and O–H groups in total. The Kier molecular flexibility index (Phi) is 3.27. The first-order valence-electron chi connectivity index (χ1n) is 7.64. The number of fused-ring (bicyclic) bond motifs is 1. The third-order valence-corrected chi connectivity index (χ3v) is 4.73. The van der Waals surface area contributed by atoms with Crippen molar-refractivity contribution < 1.29 is 13.8 Å². The average molecular weight is 304 g/mol. The van der Waals surface area contributed by atoms with Crippen molar-refractivity contribution in [2.45, 2.75) is 26.8 Å². The van der Waals surface area contributed by atoms with Crippen LogP contribution in [0.3, 0.4) is 0 Å². The molecule has 0 saturated carbocycles. The van der Waals surface area contributed by atoms with E-state index < -0.39 is 0 Å². The molecule has 0 aromatic carbocycles. The first-order chi connectivity index (χ1) is 10.6. The molecule has 7 heteroatoms. The van der Waals surface area contributed by atoms with Gasteiger partial charge in [0.25, 0.3) is 0 Å². The first kappa shape index (κ1) is 13.9. The normalized spacial score (nSPS) is 28.4. The van der Waals surface area contributed by atoms with Gasteiger partial charge < -0.3 is 13.8 Å². The summed E-state index contributed by atoms with van der Waals surface area (Å²) < 4.78 is 16.2. The molecule has 0 amide bonds. The zero-order chi connectivity index (χ0) is 15.2. The van der Waals surface area contributed by atoms with Crippen LogP contribution in [0.5, 0.6) is 0 Å². The number of likely N-dealkylation sites (tertiary alicyclic amines) is 1. The Labute approximate surface area is 128 Å². The van der Waals surface area contributed by atoms with Crippen LogP contribution in [0.25, 0.3) is 0 Å². The maximum atomic E-state index is 5.75. The Morgan fingerprint density at radius 1 is 1.32 bits per heavy atom. The molecule has 0 bridgehead atoms. The van der Waals surface area contributed by atoms with E-state index >= 15 is 0 Å². The average Bonchev–Trinajstić information content (AvgIpc) is 3.17. The maximum absolute atomic E-state index is 5.75. The molecule has 2 saturated heterocycles. The van der Waals surface area contributed by atoms with Crippen LogP contribution in [0.2, 0.25) is 0 Å². The second-order valence-corrected chi connectivity index (χ2v) is 6.59. The van der Waals surface area contributed by atoms with Gasteiger partial charge in [-0.3, -0.25) is 4.90 Å². The van der Waals surface area contributed by atoms with Gasteiger partial charge in [0, 0.05) is 43.5 Å². The van der Waals surface area contributed by atoms with Gasteiger partial charge in [0.2, 0.25) is 5.89 Å². The lowest BCUT2D eigenvalue weighted by Crippen LogP contribution is -2.33. The van der Waals surface area contributed by atoms with Crippen LogP contribution in [-0.4, -0.2) is 46.5 Å². The molecule has 2 aromatic heterocycles. The van der Waals surface area contributed by atoms with Crippen molar-refractivity contribution in [2.75, 3.05) is 26.3 Å². The zero-order valence-electron chi connectivity index (χ0n) is 12.9. The van der Waals surface area contributed by atoms with E-state index in [4.69, 9.17) is 13.8 Å². The van der Waals surface area contributed by atoms with Gasteiger partial charge in [-0.2, -0.15) is 4.98 Å².